The number of halogens is 3. The van der Waals surface area contributed by atoms with Crippen LogP contribution in [0.15, 0.2) is 59.4 Å². The van der Waals surface area contributed by atoms with Gasteiger partial charge in [-0.1, -0.05) is 24.3 Å². The van der Waals surface area contributed by atoms with Gasteiger partial charge < -0.3 is 4.90 Å². The fraction of sp³-hybridized carbons (Fsp3) is 0.348. The van der Waals surface area contributed by atoms with E-state index in [9.17, 15) is 18.0 Å². The summed E-state index contributed by atoms with van der Waals surface area (Å²) in [7, 11) is 1.76. The number of nitrogens with zero attached hydrogens (tertiary/aromatic N) is 4. The molecule has 0 aliphatic carbocycles. The molecule has 1 aliphatic heterocycles. The van der Waals surface area contributed by atoms with Crippen molar-refractivity contribution < 1.29 is 13.2 Å². The number of fused-ring (bicyclic) bond motifs is 1. The molecule has 0 spiro atoms. The highest BCUT2D eigenvalue weighted by molar-refractivity contribution is 5.77. The number of anilines is 1. The molecule has 2 heterocycles. The molecule has 0 unspecified atom stereocenters. The van der Waals surface area contributed by atoms with Gasteiger partial charge in [0, 0.05) is 51.7 Å². The lowest BCUT2D eigenvalue weighted by molar-refractivity contribution is -0.137. The lowest BCUT2D eigenvalue weighted by Gasteiger charge is -2.36. The van der Waals surface area contributed by atoms with Crippen LogP contribution < -0.4 is 10.6 Å². The van der Waals surface area contributed by atoms with E-state index in [2.05, 4.69) is 4.90 Å². The van der Waals surface area contributed by atoms with Crippen LogP contribution in [0.2, 0.25) is 0 Å². The van der Waals surface area contributed by atoms with Crippen LogP contribution in [0.4, 0.5) is 18.9 Å². The number of imidazole rings is 1. The molecular weight excluding hydrogens is 405 g/mol. The Labute approximate surface area is 178 Å². The molecule has 8 heteroatoms. The molecule has 164 valence electrons. The Balaban J connectivity index is 1.32. The van der Waals surface area contributed by atoms with Crippen LogP contribution in [-0.4, -0.2) is 46.8 Å². The topological polar surface area (TPSA) is 33.4 Å². The number of aromatic nitrogens is 2. The second-order valence-electron chi connectivity index (χ2n) is 7.75. The third-order valence-electron chi connectivity index (χ3n) is 5.77. The van der Waals surface area contributed by atoms with Crippen LogP contribution in [0.25, 0.3) is 17.2 Å². The molecule has 0 N–H and O–H groups in total. The Kier molecular flexibility index (Phi) is 5.91. The molecule has 0 atom stereocenters. The first-order valence-electron chi connectivity index (χ1n) is 10.3. The quantitative estimate of drug-likeness (QED) is 0.613. The summed E-state index contributed by atoms with van der Waals surface area (Å²) in [5.41, 5.74) is 1.70. The van der Waals surface area contributed by atoms with Gasteiger partial charge in [0.05, 0.1) is 16.6 Å². The summed E-state index contributed by atoms with van der Waals surface area (Å²) >= 11 is 0. The van der Waals surface area contributed by atoms with Gasteiger partial charge in [0.15, 0.2) is 0 Å². The molecule has 0 amide bonds. The number of piperazine rings is 1. The van der Waals surface area contributed by atoms with Crippen LogP contribution in [0.5, 0.6) is 0 Å². The zero-order chi connectivity index (χ0) is 22.0. The molecule has 4 rings (SSSR count). The number of alkyl halides is 3. The van der Waals surface area contributed by atoms with E-state index in [0.717, 1.165) is 43.2 Å². The van der Waals surface area contributed by atoms with E-state index in [0.29, 0.717) is 18.8 Å². The predicted octanol–water partition coefficient (Wildman–Crippen LogP) is 4.04. The average molecular weight is 430 g/mol. The van der Waals surface area contributed by atoms with Crippen molar-refractivity contribution in [2.75, 3.05) is 37.6 Å². The molecule has 0 saturated carbocycles. The minimum atomic E-state index is -4.32. The highest BCUT2D eigenvalue weighted by atomic mass is 19.4. The Morgan fingerprint density at radius 1 is 0.968 bits per heavy atom. The minimum absolute atomic E-state index is 0.0767. The van der Waals surface area contributed by atoms with Crippen molar-refractivity contribution in [1.82, 2.24) is 14.0 Å². The van der Waals surface area contributed by atoms with Gasteiger partial charge in [-0.2, -0.15) is 13.2 Å². The largest absolute Gasteiger partial charge is 0.416 e. The molecule has 1 fully saturated rings. The van der Waals surface area contributed by atoms with Gasteiger partial charge in [-0.15, -0.1) is 0 Å². The van der Waals surface area contributed by atoms with E-state index < -0.39 is 11.7 Å². The molecular formula is C23H25F3N4O. The van der Waals surface area contributed by atoms with E-state index >= 15 is 0 Å². The van der Waals surface area contributed by atoms with Crippen molar-refractivity contribution in [3.63, 3.8) is 0 Å². The van der Waals surface area contributed by atoms with Crippen molar-refractivity contribution in [2.24, 2.45) is 7.05 Å². The predicted molar refractivity (Wildman–Crippen MR) is 117 cm³/mol. The molecule has 1 aromatic heterocycles. The molecule has 1 saturated heterocycles. The lowest BCUT2D eigenvalue weighted by Crippen LogP contribution is -2.46. The first kappa shape index (κ1) is 21.2. The molecule has 3 aromatic rings. The maximum atomic E-state index is 12.9. The number of benzene rings is 2. The van der Waals surface area contributed by atoms with Crippen LogP contribution >= 0.6 is 0 Å². The summed E-state index contributed by atoms with van der Waals surface area (Å²) in [4.78, 5) is 16.7. The van der Waals surface area contributed by atoms with Crippen molar-refractivity contribution in [3.05, 3.63) is 70.7 Å². The van der Waals surface area contributed by atoms with Gasteiger partial charge in [-0.25, -0.2) is 4.79 Å². The van der Waals surface area contributed by atoms with Gasteiger partial charge in [-0.05, 0) is 36.8 Å². The summed E-state index contributed by atoms with van der Waals surface area (Å²) in [6.45, 7) is 3.80. The van der Waals surface area contributed by atoms with Crippen LogP contribution in [0.3, 0.4) is 0 Å². The highest BCUT2D eigenvalue weighted by Crippen LogP contribution is 2.31. The second-order valence-corrected chi connectivity index (χ2v) is 7.75. The Hall–Kier alpha value is -3.00. The van der Waals surface area contributed by atoms with Gasteiger partial charge in [-0.3, -0.25) is 14.0 Å². The fourth-order valence-corrected chi connectivity index (χ4v) is 4.01. The smallest absolute Gasteiger partial charge is 0.369 e. The van der Waals surface area contributed by atoms with Crippen molar-refractivity contribution in [1.29, 1.82) is 0 Å². The first-order chi connectivity index (χ1) is 14.8. The summed E-state index contributed by atoms with van der Waals surface area (Å²) in [6, 6.07) is 13.2. The molecule has 1 aliphatic rings. The lowest BCUT2D eigenvalue weighted by atomic mass is 10.1. The monoisotopic (exact) mass is 430 g/mol. The number of rotatable bonds is 5. The van der Waals surface area contributed by atoms with E-state index in [-0.39, 0.29) is 5.69 Å². The highest BCUT2D eigenvalue weighted by Gasteiger charge is 2.31. The third kappa shape index (κ3) is 4.54. The standard InChI is InChI=1S/C23H25F3N4O/c1-27-20-9-2-3-10-21(20)30(22(27)31)12-5-4-11-28-13-15-29(16-14-28)19-8-6-7-18(17-19)23(24,25)26/h2-3,5-10,12,17H,4,11,13-16H2,1H3. The zero-order valence-electron chi connectivity index (χ0n) is 17.3. The summed E-state index contributed by atoms with van der Waals surface area (Å²) in [5.74, 6) is 0. The molecule has 0 bridgehead atoms. The Bertz CT molecular complexity index is 1140. The van der Waals surface area contributed by atoms with E-state index in [4.69, 9.17) is 0 Å². The van der Waals surface area contributed by atoms with Crippen molar-refractivity contribution in [2.45, 2.75) is 12.6 Å². The maximum absolute atomic E-state index is 12.9. The van der Waals surface area contributed by atoms with E-state index in [1.54, 1.807) is 22.2 Å². The number of aryl methyl sites for hydroxylation is 1. The molecule has 5 nitrogen and oxygen atoms in total. The molecule has 0 radical (unpaired) electrons. The van der Waals surface area contributed by atoms with Crippen molar-refractivity contribution in [3.8, 4) is 0 Å². The number of hydrogen-bond acceptors (Lipinski definition) is 3. The van der Waals surface area contributed by atoms with Gasteiger partial charge in [0.25, 0.3) is 0 Å². The summed E-state index contributed by atoms with van der Waals surface area (Å²) in [5, 5.41) is 0. The van der Waals surface area contributed by atoms with Crippen LogP contribution in [0, 0.1) is 0 Å². The Morgan fingerprint density at radius 3 is 2.39 bits per heavy atom. The van der Waals surface area contributed by atoms with Gasteiger partial charge >= 0.3 is 11.9 Å². The zero-order valence-corrected chi connectivity index (χ0v) is 17.3. The van der Waals surface area contributed by atoms with Gasteiger partial charge in [0.1, 0.15) is 0 Å². The van der Waals surface area contributed by atoms with Crippen LogP contribution in [-0.2, 0) is 13.2 Å². The molecule has 31 heavy (non-hydrogen) atoms. The molecule has 2 aromatic carbocycles. The minimum Gasteiger partial charge on any atom is -0.369 e. The normalized spacial score (nSPS) is 15.9. The maximum Gasteiger partial charge on any atom is 0.416 e. The van der Waals surface area contributed by atoms with Crippen LogP contribution in [0.1, 0.15) is 12.0 Å². The second kappa shape index (κ2) is 8.63. The van der Waals surface area contributed by atoms with E-state index in [1.165, 1.54) is 12.1 Å². The third-order valence-corrected chi connectivity index (χ3v) is 5.77. The SMILES string of the molecule is Cn1c(=O)n(C=CCCN2CCN(c3cccc(C(F)(F)F)c3)CC2)c2ccccc21. The van der Waals surface area contributed by atoms with E-state index in [1.807, 2.05) is 41.4 Å². The summed E-state index contributed by atoms with van der Waals surface area (Å²) in [6.07, 6.45) is 0.284. The number of para-hydroxylation sites is 2. The number of hydrogen-bond donors (Lipinski definition) is 0. The van der Waals surface area contributed by atoms with Gasteiger partial charge in [0.2, 0.25) is 0 Å². The summed E-state index contributed by atoms with van der Waals surface area (Å²) < 4.78 is 42.1. The van der Waals surface area contributed by atoms with Crippen molar-refractivity contribution >= 4 is 22.9 Å². The first-order valence-corrected chi connectivity index (χ1v) is 10.3. The fourth-order valence-electron chi connectivity index (χ4n) is 4.01. The Morgan fingerprint density at radius 2 is 1.68 bits per heavy atom. The average Bonchev–Trinajstić information content (AvgIpc) is 3.01.